The zero-order chi connectivity index (χ0) is 8.58. The van der Waals surface area contributed by atoms with E-state index in [1.165, 1.54) is 0 Å². The molecule has 0 aliphatic carbocycles. The second-order valence-electron chi connectivity index (χ2n) is 4.23. The van der Waals surface area contributed by atoms with E-state index >= 15 is 0 Å². The molecule has 4 N–H and O–H groups in total. The van der Waals surface area contributed by atoms with Crippen LogP contribution in [0.5, 0.6) is 0 Å². The Kier molecular flexibility index (Phi) is 8.06. The summed E-state index contributed by atoms with van der Waals surface area (Å²) in [6.45, 7) is 10.2. The molecule has 0 aromatic heterocycles. The van der Waals surface area contributed by atoms with Crippen molar-refractivity contribution in [3.05, 3.63) is 0 Å². The highest BCUT2D eigenvalue weighted by atomic mass is 35.5. The zero-order valence-electron chi connectivity index (χ0n) is 8.55. The molecular weight excluding hydrogens is 195 g/mol. The fraction of sp³-hybridized carbons (Fsp3) is 1.00. The average Bonchev–Trinajstić information content (AvgIpc) is 1.62. The molecule has 4 heteroatoms. The molecule has 0 saturated carbocycles. The van der Waals surface area contributed by atoms with Gasteiger partial charge in [-0.05, 0) is 26.2 Å². The fourth-order valence-electron chi connectivity index (χ4n) is 0.587. The summed E-state index contributed by atoms with van der Waals surface area (Å²) >= 11 is 0. The van der Waals surface area contributed by atoms with E-state index in [4.69, 9.17) is 11.5 Å². The van der Waals surface area contributed by atoms with Gasteiger partial charge in [0.25, 0.3) is 0 Å². The van der Waals surface area contributed by atoms with Gasteiger partial charge >= 0.3 is 0 Å². The molecule has 1 unspecified atom stereocenters. The monoisotopic (exact) mass is 216 g/mol. The minimum atomic E-state index is -0.207. The van der Waals surface area contributed by atoms with Crippen molar-refractivity contribution in [1.82, 2.24) is 0 Å². The second-order valence-corrected chi connectivity index (χ2v) is 4.23. The van der Waals surface area contributed by atoms with Crippen LogP contribution in [0.25, 0.3) is 0 Å². The van der Waals surface area contributed by atoms with Crippen LogP contribution in [0.2, 0.25) is 0 Å². The highest BCUT2D eigenvalue weighted by molar-refractivity contribution is 5.85. The quantitative estimate of drug-likeness (QED) is 0.742. The molecule has 1 atom stereocenters. The van der Waals surface area contributed by atoms with Crippen LogP contribution in [0.1, 0.15) is 34.6 Å². The Balaban J connectivity index is -0.000000405. The maximum atomic E-state index is 5.93. The Bertz CT molecular complexity index is 117. The van der Waals surface area contributed by atoms with E-state index < -0.39 is 0 Å². The largest absolute Gasteiger partial charge is 0.327 e. The predicted octanol–water partition coefficient (Wildman–Crippen LogP) is 1.94. The average molecular weight is 217 g/mol. The maximum absolute atomic E-state index is 5.93. The van der Waals surface area contributed by atoms with Crippen LogP contribution < -0.4 is 11.5 Å². The van der Waals surface area contributed by atoms with E-state index in [2.05, 4.69) is 13.8 Å². The van der Waals surface area contributed by atoms with E-state index in [9.17, 15) is 0 Å². The molecule has 0 aliphatic rings. The molecular formula is C8H22Cl2N2. The van der Waals surface area contributed by atoms with Crippen molar-refractivity contribution in [3.63, 3.8) is 0 Å². The van der Waals surface area contributed by atoms with Gasteiger partial charge in [0.05, 0.1) is 0 Å². The molecule has 0 heterocycles. The van der Waals surface area contributed by atoms with E-state index in [0.29, 0.717) is 0 Å². The Morgan fingerprint density at radius 2 is 1.25 bits per heavy atom. The van der Waals surface area contributed by atoms with Crippen LogP contribution in [0.4, 0.5) is 0 Å². The standard InChI is InChI=1S/C8H20N2.2ClH/c1-6(9)7(2,3)8(4,5)10;;/h6H,9-10H2,1-5H3;2*1H. The minimum Gasteiger partial charge on any atom is -0.327 e. The maximum Gasteiger partial charge on any atom is 0.0163 e. The summed E-state index contributed by atoms with van der Waals surface area (Å²) < 4.78 is 0. The summed E-state index contributed by atoms with van der Waals surface area (Å²) in [5, 5.41) is 0. The first-order valence-electron chi connectivity index (χ1n) is 3.74. The minimum absolute atomic E-state index is 0. The van der Waals surface area contributed by atoms with Gasteiger partial charge in [0.2, 0.25) is 0 Å². The number of hydrogen-bond acceptors (Lipinski definition) is 2. The van der Waals surface area contributed by atoms with Gasteiger partial charge < -0.3 is 11.5 Å². The molecule has 0 amide bonds. The smallest absolute Gasteiger partial charge is 0.0163 e. The van der Waals surface area contributed by atoms with Crippen molar-refractivity contribution in [2.45, 2.75) is 46.2 Å². The summed E-state index contributed by atoms with van der Waals surface area (Å²) in [6, 6.07) is 0.132. The van der Waals surface area contributed by atoms with Crippen molar-refractivity contribution < 1.29 is 0 Å². The van der Waals surface area contributed by atoms with Gasteiger partial charge in [-0.2, -0.15) is 0 Å². The SMILES string of the molecule is CC(N)C(C)(C)C(C)(C)N.Cl.Cl. The van der Waals surface area contributed by atoms with Gasteiger partial charge in [-0.3, -0.25) is 0 Å². The lowest BCUT2D eigenvalue weighted by atomic mass is 9.71. The molecule has 78 valence electrons. The zero-order valence-corrected chi connectivity index (χ0v) is 10.2. The third-order valence-corrected chi connectivity index (χ3v) is 2.80. The van der Waals surface area contributed by atoms with Gasteiger partial charge in [0.1, 0.15) is 0 Å². The Hall–Kier alpha value is 0.500. The van der Waals surface area contributed by atoms with Crippen LogP contribution >= 0.6 is 24.8 Å². The highest BCUT2D eigenvalue weighted by Gasteiger charge is 2.36. The van der Waals surface area contributed by atoms with Crippen molar-refractivity contribution in [2.75, 3.05) is 0 Å². The predicted molar refractivity (Wildman–Crippen MR) is 60.2 cm³/mol. The van der Waals surface area contributed by atoms with Gasteiger partial charge in [0, 0.05) is 11.6 Å². The normalized spacial score (nSPS) is 14.2. The first-order valence-corrected chi connectivity index (χ1v) is 3.74. The second kappa shape index (κ2) is 5.28. The topological polar surface area (TPSA) is 52.0 Å². The molecule has 12 heavy (non-hydrogen) atoms. The Morgan fingerprint density at radius 3 is 1.25 bits per heavy atom. The molecule has 0 radical (unpaired) electrons. The van der Waals surface area contributed by atoms with Gasteiger partial charge in [-0.15, -0.1) is 24.8 Å². The number of rotatable bonds is 2. The van der Waals surface area contributed by atoms with Crippen molar-refractivity contribution in [2.24, 2.45) is 16.9 Å². The first-order chi connectivity index (χ1) is 4.19. The van der Waals surface area contributed by atoms with Crippen LogP contribution in [-0.2, 0) is 0 Å². The third kappa shape index (κ3) is 3.94. The molecule has 0 spiro atoms. The number of hydrogen-bond donors (Lipinski definition) is 2. The summed E-state index contributed by atoms with van der Waals surface area (Å²) in [4.78, 5) is 0. The molecule has 0 aliphatic heterocycles. The van der Waals surface area contributed by atoms with E-state index in [-0.39, 0.29) is 41.8 Å². The van der Waals surface area contributed by atoms with E-state index in [1.54, 1.807) is 0 Å². The molecule has 2 nitrogen and oxygen atoms in total. The van der Waals surface area contributed by atoms with E-state index in [0.717, 1.165) is 0 Å². The third-order valence-electron chi connectivity index (χ3n) is 2.80. The van der Waals surface area contributed by atoms with Crippen LogP contribution in [0.15, 0.2) is 0 Å². The van der Waals surface area contributed by atoms with Crippen molar-refractivity contribution in [1.29, 1.82) is 0 Å². The molecule has 0 rings (SSSR count). The Labute approximate surface area is 88.3 Å². The van der Waals surface area contributed by atoms with Crippen LogP contribution in [0.3, 0.4) is 0 Å². The van der Waals surface area contributed by atoms with Crippen molar-refractivity contribution >= 4 is 24.8 Å². The lowest BCUT2D eigenvalue weighted by Gasteiger charge is -2.41. The van der Waals surface area contributed by atoms with Crippen molar-refractivity contribution in [3.8, 4) is 0 Å². The van der Waals surface area contributed by atoms with Gasteiger partial charge in [-0.1, -0.05) is 13.8 Å². The lowest BCUT2D eigenvalue weighted by molar-refractivity contribution is 0.166. The fourth-order valence-corrected chi connectivity index (χ4v) is 0.587. The number of nitrogens with two attached hydrogens (primary N) is 2. The molecule has 0 aromatic carbocycles. The first kappa shape index (κ1) is 18.3. The summed E-state index contributed by atoms with van der Waals surface area (Å²) in [5.74, 6) is 0. The summed E-state index contributed by atoms with van der Waals surface area (Å²) in [5.41, 5.74) is 11.5. The summed E-state index contributed by atoms with van der Waals surface area (Å²) in [6.07, 6.45) is 0. The van der Waals surface area contributed by atoms with Crippen LogP contribution in [0, 0.1) is 5.41 Å². The summed E-state index contributed by atoms with van der Waals surface area (Å²) in [7, 11) is 0. The Morgan fingerprint density at radius 1 is 1.00 bits per heavy atom. The molecule has 0 saturated heterocycles. The van der Waals surface area contributed by atoms with Gasteiger partial charge in [-0.25, -0.2) is 0 Å². The molecule has 0 fully saturated rings. The van der Waals surface area contributed by atoms with Gasteiger partial charge in [0.15, 0.2) is 0 Å². The highest BCUT2D eigenvalue weighted by Crippen LogP contribution is 2.30. The number of halogens is 2. The molecule has 0 bridgehead atoms. The van der Waals surface area contributed by atoms with E-state index in [1.807, 2.05) is 20.8 Å². The molecule has 0 aromatic rings. The lowest BCUT2D eigenvalue weighted by Crippen LogP contribution is -2.55. The van der Waals surface area contributed by atoms with Crippen LogP contribution in [-0.4, -0.2) is 11.6 Å².